The molecule has 0 aliphatic rings. The summed E-state index contributed by atoms with van der Waals surface area (Å²) in [5.74, 6) is -3.53. The van der Waals surface area contributed by atoms with E-state index in [0.717, 1.165) is 27.7 Å². The van der Waals surface area contributed by atoms with E-state index in [-0.39, 0.29) is 12.0 Å². The molecule has 0 saturated heterocycles. The SMILES string of the molecule is Cc1cc(COc2ccc(C(=O)NC(CC(=O)NOC(=O)C(F)(F)F)Cc3ccccc3)cc2)c2ccccc2n1. The molecule has 0 aliphatic heterocycles. The number of ether oxygens (including phenoxy) is 1. The van der Waals surface area contributed by atoms with Gasteiger partial charge in [0.2, 0.25) is 0 Å². The number of hydrogen-bond donors (Lipinski definition) is 2. The highest BCUT2D eigenvalue weighted by atomic mass is 19.4. The second-order valence-corrected chi connectivity index (χ2v) is 9.23. The number of benzene rings is 3. The van der Waals surface area contributed by atoms with E-state index in [0.29, 0.717) is 12.4 Å². The van der Waals surface area contributed by atoms with Crippen LogP contribution in [0.15, 0.2) is 84.9 Å². The summed E-state index contributed by atoms with van der Waals surface area (Å²) in [6, 6.07) is 24.2. The lowest BCUT2D eigenvalue weighted by Gasteiger charge is -2.19. The van der Waals surface area contributed by atoms with Crippen molar-refractivity contribution in [1.29, 1.82) is 0 Å². The van der Waals surface area contributed by atoms with Crippen LogP contribution in [0.2, 0.25) is 0 Å². The lowest BCUT2D eigenvalue weighted by Crippen LogP contribution is -2.42. The zero-order valence-electron chi connectivity index (χ0n) is 21.9. The number of halogens is 3. The van der Waals surface area contributed by atoms with Gasteiger partial charge >= 0.3 is 12.1 Å². The van der Waals surface area contributed by atoms with E-state index in [9.17, 15) is 27.6 Å². The number of nitrogens with zero attached hydrogens (tertiary/aromatic N) is 1. The van der Waals surface area contributed by atoms with Crippen LogP contribution < -0.4 is 15.5 Å². The number of carbonyl (C=O) groups is 3. The number of alkyl halides is 3. The number of aromatic nitrogens is 1. The number of rotatable bonds is 9. The first-order chi connectivity index (χ1) is 19.6. The molecular weight excluding hydrogens is 539 g/mol. The van der Waals surface area contributed by atoms with E-state index in [4.69, 9.17) is 4.74 Å². The average molecular weight is 566 g/mol. The molecule has 0 aliphatic carbocycles. The zero-order valence-corrected chi connectivity index (χ0v) is 21.9. The molecule has 4 aromatic rings. The maximum atomic E-state index is 13.0. The molecule has 1 atom stereocenters. The number of carbonyl (C=O) groups excluding carboxylic acids is 3. The third-order valence-corrected chi connectivity index (χ3v) is 6.02. The molecule has 1 heterocycles. The summed E-state index contributed by atoms with van der Waals surface area (Å²) in [6.07, 6.45) is -5.49. The molecule has 212 valence electrons. The Bertz CT molecular complexity index is 1530. The highest BCUT2D eigenvalue weighted by Gasteiger charge is 2.42. The standard InChI is InChI=1S/C30H26F3N3O5/c1-19-15-22(25-9-5-6-10-26(25)34-19)18-40-24-13-11-21(12-14-24)28(38)35-23(16-20-7-3-2-4-8-20)17-27(37)36-41-29(39)30(31,32)33/h2-15,23H,16-18H2,1H3,(H,35,38)(H,36,37). The second-order valence-electron chi connectivity index (χ2n) is 9.23. The van der Waals surface area contributed by atoms with Crippen LogP contribution in [0.4, 0.5) is 13.2 Å². The maximum absolute atomic E-state index is 13.0. The highest BCUT2D eigenvalue weighted by molar-refractivity contribution is 5.95. The highest BCUT2D eigenvalue weighted by Crippen LogP contribution is 2.21. The van der Waals surface area contributed by atoms with Crippen LogP contribution in [0.3, 0.4) is 0 Å². The Labute approximate surface area is 233 Å². The molecule has 2 amide bonds. The Kier molecular flexibility index (Phi) is 9.18. The van der Waals surface area contributed by atoms with E-state index in [1.807, 2.05) is 37.3 Å². The van der Waals surface area contributed by atoms with Crippen LogP contribution in [0.1, 0.15) is 33.6 Å². The van der Waals surface area contributed by atoms with Crippen LogP contribution in [0.25, 0.3) is 10.9 Å². The first kappa shape index (κ1) is 29.1. The van der Waals surface area contributed by atoms with Gasteiger partial charge in [0.25, 0.3) is 11.8 Å². The summed E-state index contributed by atoms with van der Waals surface area (Å²) in [5.41, 5.74) is 5.26. The van der Waals surface area contributed by atoms with Crippen molar-refractivity contribution >= 4 is 28.7 Å². The van der Waals surface area contributed by atoms with E-state index >= 15 is 0 Å². The largest absolute Gasteiger partial charge is 0.493 e. The van der Waals surface area contributed by atoms with Crippen molar-refractivity contribution in [3.63, 3.8) is 0 Å². The normalized spacial score (nSPS) is 11.9. The summed E-state index contributed by atoms with van der Waals surface area (Å²) < 4.78 is 43.0. The Balaban J connectivity index is 1.39. The molecule has 0 fully saturated rings. The van der Waals surface area contributed by atoms with Gasteiger partial charge in [-0.25, -0.2) is 4.79 Å². The maximum Gasteiger partial charge on any atom is 0.493 e. The molecule has 0 spiro atoms. The van der Waals surface area contributed by atoms with Crippen LogP contribution >= 0.6 is 0 Å². The molecular formula is C30H26F3N3O5. The summed E-state index contributed by atoms with van der Waals surface area (Å²) >= 11 is 0. The Morgan fingerprint density at radius 1 is 0.927 bits per heavy atom. The summed E-state index contributed by atoms with van der Waals surface area (Å²) in [5, 5.41) is 3.71. The van der Waals surface area contributed by atoms with Crippen molar-refractivity contribution in [3.05, 3.63) is 107 Å². The molecule has 4 rings (SSSR count). The minimum atomic E-state index is -5.26. The van der Waals surface area contributed by atoms with E-state index in [2.05, 4.69) is 15.1 Å². The summed E-state index contributed by atoms with van der Waals surface area (Å²) in [6.45, 7) is 2.20. The number of fused-ring (bicyclic) bond motifs is 1. The zero-order chi connectivity index (χ0) is 29.4. The minimum Gasteiger partial charge on any atom is -0.489 e. The summed E-state index contributed by atoms with van der Waals surface area (Å²) in [4.78, 5) is 44.4. The second kappa shape index (κ2) is 12.9. The fourth-order valence-corrected chi connectivity index (χ4v) is 4.15. The molecule has 1 aromatic heterocycles. The quantitative estimate of drug-likeness (QED) is 0.277. The van der Waals surface area contributed by atoms with E-state index in [1.165, 1.54) is 5.48 Å². The number of para-hydroxylation sites is 1. The van der Waals surface area contributed by atoms with Crippen molar-refractivity contribution in [2.45, 2.75) is 38.6 Å². The molecule has 2 N–H and O–H groups in total. The molecule has 0 bridgehead atoms. The molecule has 8 nitrogen and oxygen atoms in total. The van der Waals surface area contributed by atoms with E-state index in [1.54, 1.807) is 54.6 Å². The smallest absolute Gasteiger partial charge is 0.489 e. The van der Waals surface area contributed by atoms with Crippen molar-refractivity contribution in [1.82, 2.24) is 15.8 Å². The Morgan fingerprint density at radius 3 is 2.32 bits per heavy atom. The molecule has 1 unspecified atom stereocenters. The Morgan fingerprint density at radius 2 is 1.61 bits per heavy atom. The number of pyridine rings is 1. The predicted octanol–water partition coefficient (Wildman–Crippen LogP) is 4.99. The van der Waals surface area contributed by atoms with Gasteiger partial charge in [-0.1, -0.05) is 48.5 Å². The third kappa shape index (κ3) is 8.28. The topological polar surface area (TPSA) is 107 Å². The van der Waals surface area contributed by atoms with Crippen molar-refractivity contribution in [2.24, 2.45) is 0 Å². The number of amides is 2. The van der Waals surface area contributed by atoms with E-state index < -0.39 is 36.4 Å². The van der Waals surface area contributed by atoms with Crippen molar-refractivity contribution in [3.8, 4) is 5.75 Å². The fraction of sp³-hybridized carbons (Fsp3) is 0.200. The van der Waals surface area contributed by atoms with Gasteiger partial charge in [0.15, 0.2) is 0 Å². The van der Waals surface area contributed by atoms with Gasteiger partial charge in [-0.05, 0) is 55.3 Å². The van der Waals surface area contributed by atoms with Gasteiger partial charge in [-0.15, -0.1) is 0 Å². The number of hydrogen-bond acceptors (Lipinski definition) is 6. The predicted molar refractivity (Wildman–Crippen MR) is 144 cm³/mol. The molecule has 11 heteroatoms. The van der Waals surface area contributed by atoms with Crippen LogP contribution in [-0.2, 0) is 27.5 Å². The third-order valence-electron chi connectivity index (χ3n) is 6.02. The van der Waals surface area contributed by atoms with Gasteiger partial charge < -0.3 is 14.9 Å². The lowest BCUT2D eigenvalue weighted by atomic mass is 10.0. The van der Waals surface area contributed by atoms with Gasteiger partial charge in [-0.2, -0.15) is 18.7 Å². The first-order valence-electron chi connectivity index (χ1n) is 12.6. The summed E-state index contributed by atoms with van der Waals surface area (Å²) in [7, 11) is 0. The van der Waals surface area contributed by atoms with Gasteiger partial charge in [0.1, 0.15) is 12.4 Å². The van der Waals surface area contributed by atoms with Gasteiger partial charge in [-0.3, -0.25) is 14.6 Å². The molecule has 0 radical (unpaired) electrons. The minimum absolute atomic E-state index is 0.202. The van der Waals surface area contributed by atoms with Crippen LogP contribution in [0.5, 0.6) is 5.75 Å². The van der Waals surface area contributed by atoms with Crippen molar-refractivity contribution in [2.75, 3.05) is 0 Å². The number of nitrogens with one attached hydrogen (secondary N) is 2. The molecule has 3 aromatic carbocycles. The first-order valence-corrected chi connectivity index (χ1v) is 12.6. The van der Waals surface area contributed by atoms with Crippen molar-refractivity contribution < 1.29 is 37.1 Å². The lowest BCUT2D eigenvalue weighted by molar-refractivity contribution is -0.207. The molecule has 41 heavy (non-hydrogen) atoms. The monoisotopic (exact) mass is 565 g/mol. The van der Waals surface area contributed by atoms with Crippen LogP contribution in [-0.4, -0.2) is 35.0 Å². The number of hydroxylamine groups is 1. The number of aryl methyl sites for hydroxylation is 1. The average Bonchev–Trinajstić information content (AvgIpc) is 2.94. The molecule has 0 saturated carbocycles. The van der Waals surface area contributed by atoms with Crippen LogP contribution in [0, 0.1) is 6.92 Å². The Hall–Kier alpha value is -4.93. The fourth-order valence-electron chi connectivity index (χ4n) is 4.15. The van der Waals surface area contributed by atoms with Gasteiger partial charge in [0, 0.05) is 28.2 Å². The van der Waals surface area contributed by atoms with Gasteiger partial charge in [0.05, 0.1) is 11.9 Å².